The SMILES string of the molecule is Oc1cccc(Br)c1C1CCCCN1. The summed E-state index contributed by atoms with van der Waals surface area (Å²) in [6, 6.07) is 5.88. The molecule has 0 aliphatic carbocycles. The normalized spacial score (nSPS) is 22.2. The molecule has 1 aromatic rings. The van der Waals surface area contributed by atoms with Crippen molar-refractivity contribution in [1.82, 2.24) is 5.32 Å². The second-order valence-corrected chi connectivity index (χ2v) is 4.53. The molecule has 0 aromatic heterocycles. The van der Waals surface area contributed by atoms with E-state index in [0.29, 0.717) is 11.8 Å². The van der Waals surface area contributed by atoms with Gasteiger partial charge in [0.1, 0.15) is 5.75 Å². The van der Waals surface area contributed by atoms with Crippen LogP contribution in [0.1, 0.15) is 30.9 Å². The van der Waals surface area contributed by atoms with Gasteiger partial charge in [0.25, 0.3) is 0 Å². The summed E-state index contributed by atoms with van der Waals surface area (Å²) in [6.07, 6.45) is 3.58. The average molecular weight is 256 g/mol. The lowest BCUT2D eigenvalue weighted by Crippen LogP contribution is -2.27. The highest BCUT2D eigenvalue weighted by Gasteiger charge is 2.19. The van der Waals surface area contributed by atoms with Crippen LogP contribution < -0.4 is 5.32 Å². The molecule has 1 saturated heterocycles. The fourth-order valence-electron chi connectivity index (χ4n) is 1.97. The zero-order valence-corrected chi connectivity index (χ0v) is 9.55. The van der Waals surface area contributed by atoms with Crippen LogP contribution in [0.2, 0.25) is 0 Å². The number of phenolic OH excluding ortho intramolecular Hbond substituents is 1. The Morgan fingerprint density at radius 2 is 2.21 bits per heavy atom. The van der Waals surface area contributed by atoms with Crippen LogP contribution >= 0.6 is 15.9 Å². The number of phenols is 1. The smallest absolute Gasteiger partial charge is 0.121 e. The number of hydrogen-bond acceptors (Lipinski definition) is 2. The van der Waals surface area contributed by atoms with Crippen molar-refractivity contribution in [3.05, 3.63) is 28.2 Å². The fraction of sp³-hybridized carbons (Fsp3) is 0.455. The lowest BCUT2D eigenvalue weighted by atomic mass is 9.97. The molecule has 14 heavy (non-hydrogen) atoms. The number of rotatable bonds is 1. The van der Waals surface area contributed by atoms with Crippen LogP contribution in [0.15, 0.2) is 22.7 Å². The van der Waals surface area contributed by atoms with E-state index in [-0.39, 0.29) is 0 Å². The Kier molecular flexibility index (Phi) is 3.08. The van der Waals surface area contributed by atoms with Gasteiger partial charge >= 0.3 is 0 Å². The summed E-state index contributed by atoms with van der Waals surface area (Å²) in [7, 11) is 0. The minimum Gasteiger partial charge on any atom is -0.508 e. The Balaban J connectivity index is 2.29. The number of benzene rings is 1. The molecule has 1 unspecified atom stereocenters. The predicted octanol–water partition coefficient (Wildman–Crippen LogP) is 2.97. The van der Waals surface area contributed by atoms with E-state index in [4.69, 9.17) is 0 Å². The second-order valence-electron chi connectivity index (χ2n) is 3.68. The van der Waals surface area contributed by atoms with Gasteiger partial charge in [-0.1, -0.05) is 28.4 Å². The van der Waals surface area contributed by atoms with Crippen molar-refractivity contribution in [2.24, 2.45) is 0 Å². The van der Waals surface area contributed by atoms with E-state index in [1.807, 2.05) is 12.1 Å². The van der Waals surface area contributed by atoms with E-state index in [9.17, 15) is 5.11 Å². The van der Waals surface area contributed by atoms with Crippen molar-refractivity contribution in [3.63, 3.8) is 0 Å². The molecule has 2 nitrogen and oxygen atoms in total. The van der Waals surface area contributed by atoms with Crippen LogP contribution in [0.4, 0.5) is 0 Å². The maximum absolute atomic E-state index is 9.77. The number of aromatic hydroxyl groups is 1. The third-order valence-corrected chi connectivity index (χ3v) is 3.38. The van der Waals surface area contributed by atoms with Gasteiger partial charge in [-0.3, -0.25) is 0 Å². The largest absolute Gasteiger partial charge is 0.508 e. The molecule has 0 saturated carbocycles. The molecule has 2 N–H and O–H groups in total. The summed E-state index contributed by atoms with van der Waals surface area (Å²) < 4.78 is 0.997. The summed E-state index contributed by atoms with van der Waals surface area (Å²) in [6.45, 7) is 1.05. The fourth-order valence-corrected chi connectivity index (χ4v) is 2.60. The third-order valence-electron chi connectivity index (χ3n) is 2.69. The van der Waals surface area contributed by atoms with Gasteiger partial charge in [0.05, 0.1) is 0 Å². The highest BCUT2D eigenvalue weighted by molar-refractivity contribution is 9.10. The molecule has 76 valence electrons. The van der Waals surface area contributed by atoms with Crippen LogP contribution in [0, 0.1) is 0 Å². The van der Waals surface area contributed by atoms with Gasteiger partial charge in [-0.15, -0.1) is 0 Å². The molecule has 1 heterocycles. The quantitative estimate of drug-likeness (QED) is 0.809. The lowest BCUT2D eigenvalue weighted by Gasteiger charge is -2.25. The van der Waals surface area contributed by atoms with Gasteiger partial charge < -0.3 is 10.4 Å². The third kappa shape index (κ3) is 1.93. The van der Waals surface area contributed by atoms with Crippen LogP contribution in [0.25, 0.3) is 0 Å². The van der Waals surface area contributed by atoms with Crippen LogP contribution in [-0.4, -0.2) is 11.7 Å². The average Bonchev–Trinajstić information content (AvgIpc) is 2.19. The molecule has 0 amide bonds. The van der Waals surface area contributed by atoms with E-state index in [0.717, 1.165) is 23.0 Å². The molecule has 1 fully saturated rings. The monoisotopic (exact) mass is 255 g/mol. The lowest BCUT2D eigenvalue weighted by molar-refractivity contribution is 0.389. The number of nitrogens with one attached hydrogen (secondary N) is 1. The molecule has 1 atom stereocenters. The maximum atomic E-state index is 9.77. The first-order valence-electron chi connectivity index (χ1n) is 5.00. The minimum absolute atomic E-state index is 0.305. The Bertz CT molecular complexity index is 301. The topological polar surface area (TPSA) is 32.3 Å². The Hall–Kier alpha value is -0.540. The summed E-state index contributed by atoms with van der Waals surface area (Å²) in [5, 5.41) is 13.2. The Morgan fingerprint density at radius 3 is 2.86 bits per heavy atom. The van der Waals surface area contributed by atoms with Gasteiger partial charge in [-0.25, -0.2) is 0 Å². The summed E-state index contributed by atoms with van der Waals surface area (Å²) in [5.74, 6) is 0.388. The minimum atomic E-state index is 0.305. The van der Waals surface area contributed by atoms with Crippen molar-refractivity contribution in [3.8, 4) is 5.75 Å². The van der Waals surface area contributed by atoms with Gasteiger partial charge in [0, 0.05) is 16.1 Å². The van der Waals surface area contributed by atoms with Crippen LogP contribution in [0.5, 0.6) is 5.75 Å². The summed E-state index contributed by atoms with van der Waals surface area (Å²) in [5.41, 5.74) is 1.01. The van der Waals surface area contributed by atoms with Crippen LogP contribution in [-0.2, 0) is 0 Å². The number of piperidine rings is 1. The molecule has 3 heteroatoms. The van der Waals surface area contributed by atoms with E-state index in [1.165, 1.54) is 12.8 Å². The van der Waals surface area contributed by atoms with Crippen LogP contribution in [0.3, 0.4) is 0 Å². The molecular weight excluding hydrogens is 242 g/mol. The maximum Gasteiger partial charge on any atom is 0.121 e. The number of hydrogen-bond donors (Lipinski definition) is 2. The van der Waals surface area contributed by atoms with E-state index >= 15 is 0 Å². The predicted molar refractivity (Wildman–Crippen MR) is 60.4 cm³/mol. The van der Waals surface area contributed by atoms with E-state index in [1.54, 1.807) is 6.07 Å². The van der Waals surface area contributed by atoms with Gasteiger partial charge in [-0.2, -0.15) is 0 Å². The molecular formula is C11H14BrNO. The van der Waals surface area contributed by atoms with E-state index in [2.05, 4.69) is 21.2 Å². The van der Waals surface area contributed by atoms with Crippen molar-refractivity contribution in [1.29, 1.82) is 0 Å². The van der Waals surface area contributed by atoms with Crippen molar-refractivity contribution in [2.75, 3.05) is 6.54 Å². The molecule has 1 aliphatic heterocycles. The zero-order chi connectivity index (χ0) is 9.97. The molecule has 1 aromatic carbocycles. The highest BCUT2D eigenvalue weighted by atomic mass is 79.9. The van der Waals surface area contributed by atoms with Crippen molar-refractivity contribution >= 4 is 15.9 Å². The Morgan fingerprint density at radius 1 is 1.36 bits per heavy atom. The number of halogens is 1. The van der Waals surface area contributed by atoms with Crippen molar-refractivity contribution in [2.45, 2.75) is 25.3 Å². The highest BCUT2D eigenvalue weighted by Crippen LogP contribution is 2.35. The van der Waals surface area contributed by atoms with E-state index < -0.39 is 0 Å². The molecule has 0 radical (unpaired) electrons. The van der Waals surface area contributed by atoms with Gasteiger partial charge in [0.15, 0.2) is 0 Å². The first-order chi connectivity index (χ1) is 6.79. The summed E-state index contributed by atoms with van der Waals surface area (Å²) in [4.78, 5) is 0. The van der Waals surface area contributed by atoms with Gasteiger partial charge in [-0.05, 0) is 31.5 Å². The molecule has 2 rings (SSSR count). The first-order valence-corrected chi connectivity index (χ1v) is 5.79. The molecule has 1 aliphatic rings. The molecule has 0 bridgehead atoms. The van der Waals surface area contributed by atoms with Crippen molar-refractivity contribution < 1.29 is 5.11 Å². The molecule has 0 spiro atoms. The standard InChI is InChI=1S/C11H14BrNO/c12-8-4-3-6-10(14)11(8)9-5-1-2-7-13-9/h3-4,6,9,13-14H,1-2,5,7H2. The zero-order valence-electron chi connectivity index (χ0n) is 7.96. The van der Waals surface area contributed by atoms with Gasteiger partial charge in [0.2, 0.25) is 0 Å². The summed E-state index contributed by atoms with van der Waals surface area (Å²) >= 11 is 3.48. The Labute approximate surface area is 92.5 Å². The second kappa shape index (κ2) is 4.32. The first kappa shape index (κ1) is 9.99.